The van der Waals surface area contributed by atoms with Crippen LogP contribution in [0.4, 0.5) is 4.79 Å². The van der Waals surface area contributed by atoms with E-state index in [1.165, 1.54) is 0 Å². The Bertz CT molecular complexity index is 1150. The molecule has 3 aromatic rings. The molecule has 0 aliphatic heterocycles. The molecule has 170 valence electrons. The third-order valence-corrected chi connectivity index (χ3v) is 6.62. The fourth-order valence-electron chi connectivity index (χ4n) is 4.11. The highest BCUT2D eigenvalue weighted by Crippen LogP contribution is 2.39. The van der Waals surface area contributed by atoms with Crippen molar-refractivity contribution >= 4 is 40.5 Å². The lowest BCUT2D eigenvalue weighted by molar-refractivity contribution is 0.0434. The van der Waals surface area contributed by atoms with Crippen LogP contribution in [0.5, 0.6) is 0 Å². The molecule has 2 aromatic heterocycles. The molecule has 0 radical (unpaired) electrons. The van der Waals surface area contributed by atoms with E-state index in [1.807, 2.05) is 39.1 Å². The number of hydrogen-bond acceptors (Lipinski definition) is 5. The van der Waals surface area contributed by atoms with Gasteiger partial charge in [-0.1, -0.05) is 35.3 Å². The molecule has 1 fully saturated rings. The molecule has 2 N–H and O–H groups in total. The van der Waals surface area contributed by atoms with Crippen molar-refractivity contribution in [2.24, 2.45) is 0 Å². The van der Waals surface area contributed by atoms with Gasteiger partial charge in [-0.05, 0) is 59.4 Å². The summed E-state index contributed by atoms with van der Waals surface area (Å²) < 4.78 is 5.42. The average Bonchev–Trinajstić information content (AvgIpc) is 3.12. The number of nitrogens with zero attached hydrogens (tertiary/aromatic N) is 3. The molecule has 1 aromatic carbocycles. The molecule has 4 rings (SSSR count). The molecule has 0 atom stereocenters. The van der Waals surface area contributed by atoms with Crippen LogP contribution in [0.2, 0.25) is 10.0 Å². The molecule has 0 spiro atoms. The monoisotopic (exact) mass is 475 g/mol. The Hall–Kier alpha value is -2.38. The highest BCUT2D eigenvalue weighted by Gasteiger charge is 2.35. The predicted octanol–water partition coefficient (Wildman–Crippen LogP) is 6.27. The largest absolute Gasteiger partial charge is 0.444 e. The first-order valence-electron chi connectivity index (χ1n) is 10.7. The van der Waals surface area contributed by atoms with Gasteiger partial charge in [0.05, 0.1) is 15.7 Å². The first kappa shape index (κ1) is 22.8. The first-order valence-corrected chi connectivity index (χ1v) is 11.5. The van der Waals surface area contributed by atoms with Gasteiger partial charge >= 0.3 is 6.09 Å². The SMILES string of the molecule is CC1(NC(=O)OC(C)(C)C)CCC(c2cnc3c(-c4cccc(Cl)c4Cl)n[nH]c3n2)CC1. The number of fused-ring (bicyclic) bond motifs is 1. The van der Waals surface area contributed by atoms with Gasteiger partial charge in [0.15, 0.2) is 5.65 Å². The lowest BCUT2D eigenvalue weighted by Crippen LogP contribution is -2.49. The van der Waals surface area contributed by atoms with E-state index >= 15 is 0 Å². The molecule has 2 heterocycles. The van der Waals surface area contributed by atoms with Crippen molar-refractivity contribution < 1.29 is 9.53 Å². The van der Waals surface area contributed by atoms with Gasteiger partial charge < -0.3 is 10.1 Å². The zero-order chi connectivity index (χ0) is 23.1. The van der Waals surface area contributed by atoms with Crippen molar-refractivity contribution in [1.82, 2.24) is 25.5 Å². The van der Waals surface area contributed by atoms with Gasteiger partial charge in [0, 0.05) is 23.2 Å². The van der Waals surface area contributed by atoms with Gasteiger partial charge in [-0.15, -0.1) is 0 Å². The first-order chi connectivity index (χ1) is 15.0. The van der Waals surface area contributed by atoms with E-state index in [1.54, 1.807) is 6.07 Å². The Morgan fingerprint density at radius 1 is 1.25 bits per heavy atom. The minimum absolute atomic E-state index is 0.266. The Morgan fingerprint density at radius 3 is 2.66 bits per heavy atom. The number of aromatic nitrogens is 4. The van der Waals surface area contributed by atoms with Gasteiger partial charge in [0.1, 0.15) is 16.8 Å². The van der Waals surface area contributed by atoms with Crippen LogP contribution < -0.4 is 5.32 Å². The summed E-state index contributed by atoms with van der Waals surface area (Å²) in [6.45, 7) is 7.66. The minimum atomic E-state index is -0.513. The van der Waals surface area contributed by atoms with Gasteiger partial charge in [0.2, 0.25) is 0 Å². The zero-order valence-electron chi connectivity index (χ0n) is 18.6. The number of amides is 1. The van der Waals surface area contributed by atoms with Gasteiger partial charge in [-0.2, -0.15) is 5.10 Å². The van der Waals surface area contributed by atoms with Crippen molar-refractivity contribution in [3.8, 4) is 11.3 Å². The Balaban J connectivity index is 1.48. The molecule has 7 nitrogen and oxygen atoms in total. The van der Waals surface area contributed by atoms with Gasteiger partial charge in [0.25, 0.3) is 0 Å². The molecule has 1 amide bonds. The van der Waals surface area contributed by atoms with Crippen LogP contribution in [-0.2, 0) is 4.74 Å². The van der Waals surface area contributed by atoms with E-state index in [-0.39, 0.29) is 17.6 Å². The van der Waals surface area contributed by atoms with E-state index in [9.17, 15) is 4.79 Å². The van der Waals surface area contributed by atoms with E-state index < -0.39 is 5.60 Å². The van der Waals surface area contributed by atoms with Crippen molar-refractivity contribution in [2.45, 2.75) is 70.4 Å². The summed E-state index contributed by atoms with van der Waals surface area (Å²) in [6.07, 6.45) is 4.91. The van der Waals surface area contributed by atoms with E-state index in [0.717, 1.165) is 31.4 Å². The number of aromatic amines is 1. The second-order valence-corrected chi connectivity index (χ2v) is 10.4. The topological polar surface area (TPSA) is 92.8 Å². The lowest BCUT2D eigenvalue weighted by atomic mass is 9.76. The summed E-state index contributed by atoms with van der Waals surface area (Å²) in [5, 5.41) is 11.3. The number of carbonyl (C=O) groups excluding carboxylic acids is 1. The molecule has 0 unspecified atom stereocenters. The maximum atomic E-state index is 12.2. The fourth-order valence-corrected chi connectivity index (χ4v) is 4.50. The van der Waals surface area contributed by atoms with Crippen molar-refractivity contribution in [1.29, 1.82) is 0 Å². The van der Waals surface area contributed by atoms with Crippen LogP contribution in [0.15, 0.2) is 24.4 Å². The molecule has 1 saturated carbocycles. The van der Waals surface area contributed by atoms with E-state index in [2.05, 4.69) is 27.4 Å². The second-order valence-electron chi connectivity index (χ2n) is 9.63. The lowest BCUT2D eigenvalue weighted by Gasteiger charge is -2.38. The van der Waals surface area contributed by atoms with E-state index in [0.29, 0.717) is 32.5 Å². The minimum Gasteiger partial charge on any atom is -0.444 e. The third-order valence-electron chi connectivity index (χ3n) is 5.81. The Labute approximate surface area is 197 Å². The number of carbonyl (C=O) groups is 1. The smallest absolute Gasteiger partial charge is 0.408 e. The highest BCUT2D eigenvalue weighted by atomic mass is 35.5. The van der Waals surface area contributed by atoms with Gasteiger partial charge in [-0.25, -0.2) is 14.8 Å². The number of benzene rings is 1. The van der Waals surface area contributed by atoms with Crippen LogP contribution in [0.25, 0.3) is 22.4 Å². The van der Waals surface area contributed by atoms with Crippen LogP contribution >= 0.6 is 23.2 Å². The molecule has 9 heteroatoms. The highest BCUT2D eigenvalue weighted by molar-refractivity contribution is 6.43. The zero-order valence-corrected chi connectivity index (χ0v) is 20.1. The summed E-state index contributed by atoms with van der Waals surface area (Å²) in [6, 6.07) is 5.43. The summed E-state index contributed by atoms with van der Waals surface area (Å²) in [5.74, 6) is 0.266. The van der Waals surface area contributed by atoms with Crippen molar-refractivity contribution in [3.63, 3.8) is 0 Å². The molecule has 1 aliphatic carbocycles. The molecule has 0 saturated heterocycles. The Morgan fingerprint density at radius 2 is 1.97 bits per heavy atom. The number of H-pyrrole nitrogens is 1. The molecule has 1 aliphatic rings. The fraction of sp³-hybridized carbons (Fsp3) is 0.478. The number of hydrogen-bond donors (Lipinski definition) is 2. The number of rotatable bonds is 3. The summed E-state index contributed by atoms with van der Waals surface area (Å²) in [5.41, 5.74) is 2.74. The number of ether oxygens (including phenoxy) is 1. The van der Waals surface area contributed by atoms with Crippen LogP contribution in [-0.4, -0.2) is 37.4 Å². The predicted molar refractivity (Wildman–Crippen MR) is 126 cm³/mol. The molecular formula is C23H27Cl2N5O2. The average molecular weight is 476 g/mol. The maximum absolute atomic E-state index is 12.2. The van der Waals surface area contributed by atoms with Gasteiger partial charge in [-0.3, -0.25) is 5.10 Å². The standard InChI is InChI=1S/C23H27Cl2N5O2/c1-22(2,3)32-21(31)28-23(4)10-8-13(9-11-23)16-12-26-19-18(29-30-20(19)27-16)14-6-5-7-15(24)17(14)25/h5-7,12-13H,8-11H2,1-4H3,(H,28,31)(H,27,29,30). The Kier molecular flexibility index (Phi) is 6.07. The molecule has 32 heavy (non-hydrogen) atoms. The van der Waals surface area contributed by atoms with Crippen LogP contribution in [0.1, 0.15) is 65.0 Å². The maximum Gasteiger partial charge on any atom is 0.408 e. The number of halogens is 2. The van der Waals surface area contributed by atoms with E-state index in [4.69, 9.17) is 32.9 Å². The summed E-state index contributed by atoms with van der Waals surface area (Å²) >= 11 is 12.5. The van der Waals surface area contributed by atoms with Crippen molar-refractivity contribution in [3.05, 3.63) is 40.1 Å². The summed E-state index contributed by atoms with van der Waals surface area (Å²) in [4.78, 5) is 21.6. The second kappa shape index (κ2) is 8.52. The number of nitrogens with one attached hydrogen (secondary N) is 2. The molecular weight excluding hydrogens is 449 g/mol. The quantitative estimate of drug-likeness (QED) is 0.465. The van der Waals surface area contributed by atoms with Crippen LogP contribution in [0, 0.1) is 0 Å². The number of alkyl carbamates (subject to hydrolysis) is 1. The third kappa shape index (κ3) is 4.84. The normalized spacial score (nSPS) is 21.5. The van der Waals surface area contributed by atoms with Crippen molar-refractivity contribution in [2.75, 3.05) is 0 Å². The van der Waals surface area contributed by atoms with Crippen LogP contribution in [0.3, 0.4) is 0 Å². The summed E-state index contributed by atoms with van der Waals surface area (Å²) in [7, 11) is 0. The molecule has 0 bridgehead atoms.